The average molecular weight is 355 g/mol. The van der Waals surface area contributed by atoms with Gasteiger partial charge in [0.05, 0.1) is 0 Å². The third-order valence-electron chi connectivity index (χ3n) is 8.00. The summed E-state index contributed by atoms with van der Waals surface area (Å²) in [6.45, 7) is 8.85. The molecule has 0 spiro atoms. The van der Waals surface area contributed by atoms with Gasteiger partial charge in [0.2, 0.25) is 0 Å². The molecule has 5 atom stereocenters. The average Bonchev–Trinajstić information content (AvgIpc) is 2.85. The second-order valence-electron chi connectivity index (χ2n) is 9.73. The van der Waals surface area contributed by atoms with E-state index in [1.54, 1.807) is 0 Å². The van der Waals surface area contributed by atoms with Gasteiger partial charge in [-0.15, -0.1) is 0 Å². The molecule has 1 aromatic rings. The van der Waals surface area contributed by atoms with E-state index in [2.05, 4.69) is 33.8 Å². The summed E-state index contributed by atoms with van der Waals surface area (Å²) in [6, 6.07) is 4.35. The Kier molecular flexibility index (Phi) is 4.44. The number of phenols is 1. The van der Waals surface area contributed by atoms with Crippen molar-refractivity contribution in [3.63, 3.8) is 0 Å². The van der Waals surface area contributed by atoms with Crippen LogP contribution in [0.5, 0.6) is 5.75 Å². The van der Waals surface area contributed by atoms with Crippen LogP contribution in [0.25, 0.3) is 0 Å². The molecule has 142 valence electrons. The number of benzene rings is 1. The van der Waals surface area contributed by atoms with Crippen molar-refractivity contribution in [3.8, 4) is 5.75 Å². The Morgan fingerprint density at radius 3 is 2.73 bits per heavy atom. The second-order valence-corrected chi connectivity index (χ2v) is 9.73. The maximum Gasteiger partial charge on any atom is 0.139 e. The minimum Gasteiger partial charge on any atom is -0.508 e. The maximum absolute atomic E-state index is 12.9. The molecule has 5 unspecified atom stereocenters. The van der Waals surface area contributed by atoms with Crippen LogP contribution >= 0.6 is 0 Å². The zero-order valence-electron chi connectivity index (χ0n) is 16.8. The van der Waals surface area contributed by atoms with Gasteiger partial charge in [-0.3, -0.25) is 4.79 Å². The van der Waals surface area contributed by atoms with E-state index < -0.39 is 0 Å². The lowest BCUT2D eigenvalue weighted by molar-refractivity contribution is -0.129. The van der Waals surface area contributed by atoms with Gasteiger partial charge in [0.25, 0.3) is 0 Å². The zero-order valence-corrected chi connectivity index (χ0v) is 16.8. The first kappa shape index (κ1) is 18.1. The van der Waals surface area contributed by atoms with E-state index >= 15 is 0 Å². The first-order valence-corrected chi connectivity index (χ1v) is 10.8. The molecular formula is C24H34O2. The fourth-order valence-corrected chi connectivity index (χ4v) is 6.78. The number of hydrogen-bond acceptors (Lipinski definition) is 2. The van der Waals surface area contributed by atoms with Gasteiger partial charge >= 0.3 is 0 Å². The number of carbonyl (C=O) groups is 1. The number of fused-ring (bicyclic) bond motifs is 5. The third kappa shape index (κ3) is 2.55. The van der Waals surface area contributed by atoms with Gasteiger partial charge in [0, 0.05) is 11.8 Å². The van der Waals surface area contributed by atoms with Crippen molar-refractivity contribution in [1.82, 2.24) is 0 Å². The van der Waals surface area contributed by atoms with Gasteiger partial charge in [-0.05, 0) is 84.5 Å². The zero-order chi connectivity index (χ0) is 18.6. The molecule has 1 aromatic carbocycles. The predicted octanol–water partition coefficient (Wildman–Crippen LogP) is 5.97. The molecule has 0 amide bonds. The van der Waals surface area contributed by atoms with Crippen molar-refractivity contribution in [3.05, 3.63) is 28.8 Å². The fourth-order valence-electron chi connectivity index (χ4n) is 6.78. The van der Waals surface area contributed by atoms with Crippen molar-refractivity contribution in [1.29, 1.82) is 0 Å². The predicted molar refractivity (Wildman–Crippen MR) is 106 cm³/mol. The highest BCUT2D eigenvalue weighted by molar-refractivity contribution is 5.87. The highest BCUT2D eigenvalue weighted by atomic mass is 16.3. The Morgan fingerprint density at radius 1 is 1.27 bits per heavy atom. The lowest BCUT2D eigenvalue weighted by Crippen LogP contribution is -2.44. The summed E-state index contributed by atoms with van der Waals surface area (Å²) in [7, 11) is 0. The highest BCUT2D eigenvalue weighted by Crippen LogP contribution is 2.62. The molecule has 3 aliphatic carbocycles. The summed E-state index contributed by atoms with van der Waals surface area (Å²) in [4.78, 5) is 12.9. The first-order chi connectivity index (χ1) is 12.4. The molecule has 26 heavy (non-hydrogen) atoms. The van der Waals surface area contributed by atoms with Crippen LogP contribution in [0.15, 0.2) is 12.1 Å². The van der Waals surface area contributed by atoms with Crippen LogP contribution < -0.4 is 0 Å². The fraction of sp³-hybridized carbons (Fsp3) is 0.708. The molecule has 1 N–H and O–H groups in total. The first-order valence-electron chi connectivity index (χ1n) is 10.8. The molecule has 2 nitrogen and oxygen atoms in total. The van der Waals surface area contributed by atoms with E-state index in [1.165, 1.54) is 30.4 Å². The van der Waals surface area contributed by atoms with E-state index in [-0.39, 0.29) is 5.41 Å². The molecule has 0 heterocycles. The van der Waals surface area contributed by atoms with E-state index in [4.69, 9.17) is 0 Å². The van der Waals surface area contributed by atoms with Crippen molar-refractivity contribution in [2.24, 2.45) is 23.2 Å². The van der Waals surface area contributed by atoms with Crippen molar-refractivity contribution >= 4 is 5.78 Å². The maximum atomic E-state index is 12.9. The van der Waals surface area contributed by atoms with Crippen LogP contribution in [-0.2, 0) is 11.2 Å². The van der Waals surface area contributed by atoms with Gasteiger partial charge in [-0.25, -0.2) is 0 Å². The van der Waals surface area contributed by atoms with E-state index in [1.807, 2.05) is 6.07 Å². The quantitative estimate of drug-likeness (QED) is 0.726. The number of aromatic hydroxyl groups is 1. The monoisotopic (exact) mass is 354 g/mol. The van der Waals surface area contributed by atoms with Gasteiger partial charge in [0.1, 0.15) is 11.5 Å². The van der Waals surface area contributed by atoms with E-state index in [0.717, 1.165) is 31.2 Å². The Balaban J connectivity index is 1.74. The molecule has 2 heteroatoms. The number of phenolic OH excluding ortho intramolecular Hbond substituents is 1. The molecule has 0 radical (unpaired) electrons. The Morgan fingerprint density at radius 2 is 2.04 bits per heavy atom. The van der Waals surface area contributed by atoms with Gasteiger partial charge in [0.15, 0.2) is 0 Å². The smallest absolute Gasteiger partial charge is 0.139 e. The van der Waals surface area contributed by atoms with Gasteiger partial charge < -0.3 is 5.11 Å². The molecule has 0 aliphatic heterocycles. The molecule has 0 bridgehead atoms. The van der Waals surface area contributed by atoms with Gasteiger partial charge in [-0.2, -0.15) is 0 Å². The lowest BCUT2D eigenvalue weighted by atomic mass is 9.54. The number of rotatable bonds is 3. The molecule has 3 aliphatic rings. The molecule has 2 fully saturated rings. The summed E-state index contributed by atoms with van der Waals surface area (Å²) >= 11 is 0. The minimum absolute atomic E-state index is 0.0731. The summed E-state index contributed by atoms with van der Waals surface area (Å²) in [5, 5.41) is 10.4. The number of Topliss-reactive ketones (excluding diaryl/α,β-unsaturated/α-hetero) is 1. The summed E-state index contributed by atoms with van der Waals surface area (Å²) in [6.07, 6.45) is 7.64. The number of carbonyl (C=O) groups excluding carboxylic acids is 1. The topological polar surface area (TPSA) is 37.3 Å². The highest BCUT2D eigenvalue weighted by Gasteiger charge is 2.58. The van der Waals surface area contributed by atoms with Crippen LogP contribution in [0.2, 0.25) is 0 Å². The Labute approximate surface area is 158 Å². The van der Waals surface area contributed by atoms with Crippen molar-refractivity contribution < 1.29 is 9.90 Å². The Bertz CT molecular complexity index is 719. The number of aryl methyl sites for hydroxylation is 1. The van der Waals surface area contributed by atoms with Crippen LogP contribution in [0, 0.1) is 23.2 Å². The van der Waals surface area contributed by atoms with Crippen LogP contribution in [-0.4, -0.2) is 10.9 Å². The lowest BCUT2D eigenvalue weighted by Gasteiger charge is -2.50. The van der Waals surface area contributed by atoms with Crippen LogP contribution in [0.4, 0.5) is 0 Å². The third-order valence-corrected chi connectivity index (χ3v) is 8.00. The molecule has 0 saturated heterocycles. The number of hydrogen-bond donors (Lipinski definition) is 1. The van der Waals surface area contributed by atoms with Crippen LogP contribution in [0.3, 0.4) is 0 Å². The molecule has 4 rings (SSSR count). The summed E-state index contributed by atoms with van der Waals surface area (Å²) in [5.74, 6) is 3.74. The van der Waals surface area contributed by atoms with Crippen molar-refractivity contribution in [2.45, 2.75) is 84.5 Å². The van der Waals surface area contributed by atoms with Gasteiger partial charge in [-0.1, -0.05) is 40.2 Å². The Hall–Kier alpha value is -1.31. The van der Waals surface area contributed by atoms with Crippen molar-refractivity contribution in [2.75, 3.05) is 0 Å². The summed E-state index contributed by atoms with van der Waals surface area (Å²) in [5.41, 5.74) is 3.86. The van der Waals surface area contributed by atoms with E-state index in [0.29, 0.717) is 41.1 Å². The number of ketones is 1. The second kappa shape index (κ2) is 6.39. The van der Waals surface area contributed by atoms with Crippen LogP contribution in [0.1, 0.15) is 94.7 Å². The molecule has 0 aromatic heterocycles. The normalized spacial score (nSPS) is 36.0. The van der Waals surface area contributed by atoms with E-state index in [9.17, 15) is 9.90 Å². The molecule has 2 saturated carbocycles. The summed E-state index contributed by atoms with van der Waals surface area (Å²) < 4.78 is 0. The SMILES string of the molecule is CCCC1CC(=O)C2(C)CCC3c4cc(C(C)C)c(O)cc4CCC3C12. The standard InChI is InChI=1S/C24H34O2/c1-5-6-16-12-22(26)24(4)10-9-17-18(23(16)24)8-7-15-11-21(25)19(14(2)3)13-20(15)17/h11,13-14,16-18,23,25H,5-10,12H2,1-4H3. The minimum atomic E-state index is -0.0731. The molecular weight excluding hydrogens is 320 g/mol. The largest absolute Gasteiger partial charge is 0.508 e.